The van der Waals surface area contributed by atoms with E-state index in [2.05, 4.69) is 0 Å². The molecular weight excluding hydrogens is 309 g/mol. The molecule has 130 valence electrons. The van der Waals surface area contributed by atoms with Gasteiger partial charge in [-0.1, -0.05) is 25.5 Å². The summed E-state index contributed by atoms with van der Waals surface area (Å²) >= 11 is 0. The summed E-state index contributed by atoms with van der Waals surface area (Å²) in [5, 5.41) is 9.56. The lowest BCUT2D eigenvalue weighted by Crippen LogP contribution is -2.45. The van der Waals surface area contributed by atoms with Gasteiger partial charge in [0.15, 0.2) is 0 Å². The van der Waals surface area contributed by atoms with Gasteiger partial charge in [0, 0.05) is 12.5 Å². The van der Waals surface area contributed by atoms with E-state index in [1.54, 1.807) is 11.0 Å². The van der Waals surface area contributed by atoms with Crippen LogP contribution in [0.2, 0.25) is 0 Å². The number of nitrogens with zero attached hydrogens (tertiary/aromatic N) is 1. The Balaban J connectivity index is 1.63. The molecule has 1 aliphatic heterocycles. The molecular formula is C19H24FNO3. The van der Waals surface area contributed by atoms with Crippen molar-refractivity contribution in [3.63, 3.8) is 0 Å². The molecule has 0 radical (unpaired) electrons. The Morgan fingerprint density at radius 2 is 2.17 bits per heavy atom. The Kier molecular flexibility index (Phi) is 4.88. The van der Waals surface area contributed by atoms with E-state index < -0.39 is 12.0 Å². The van der Waals surface area contributed by atoms with Gasteiger partial charge < -0.3 is 10.0 Å². The van der Waals surface area contributed by atoms with E-state index in [-0.39, 0.29) is 23.6 Å². The summed E-state index contributed by atoms with van der Waals surface area (Å²) in [4.78, 5) is 26.0. The SMILES string of the molecule is CC(CCc1cccc(F)c1)C(=O)N1CC2CCCC2C1C(=O)O. The van der Waals surface area contributed by atoms with Crippen LogP contribution in [0.15, 0.2) is 24.3 Å². The number of hydrogen-bond acceptors (Lipinski definition) is 2. The maximum Gasteiger partial charge on any atom is 0.326 e. The predicted octanol–water partition coefficient (Wildman–Crippen LogP) is 3.11. The summed E-state index contributed by atoms with van der Waals surface area (Å²) in [6.45, 7) is 2.42. The smallest absolute Gasteiger partial charge is 0.326 e. The normalized spacial score (nSPS) is 27.1. The number of benzene rings is 1. The van der Waals surface area contributed by atoms with E-state index in [0.717, 1.165) is 24.8 Å². The molecule has 0 spiro atoms. The van der Waals surface area contributed by atoms with E-state index in [1.165, 1.54) is 12.1 Å². The number of rotatable bonds is 5. The second-order valence-electron chi connectivity index (χ2n) is 7.20. The largest absolute Gasteiger partial charge is 0.480 e. The molecule has 1 aromatic carbocycles. The fourth-order valence-corrected chi connectivity index (χ4v) is 4.33. The van der Waals surface area contributed by atoms with Crippen LogP contribution in [0, 0.1) is 23.6 Å². The summed E-state index contributed by atoms with van der Waals surface area (Å²) in [5.74, 6) is -1.03. The van der Waals surface area contributed by atoms with Crippen molar-refractivity contribution in [1.82, 2.24) is 4.90 Å². The van der Waals surface area contributed by atoms with Gasteiger partial charge in [-0.3, -0.25) is 4.79 Å². The fourth-order valence-electron chi connectivity index (χ4n) is 4.33. The first-order chi connectivity index (χ1) is 11.5. The Bertz CT molecular complexity index is 633. The summed E-state index contributed by atoms with van der Waals surface area (Å²) < 4.78 is 13.2. The van der Waals surface area contributed by atoms with Crippen molar-refractivity contribution in [2.45, 2.75) is 45.1 Å². The first-order valence-electron chi connectivity index (χ1n) is 8.75. The zero-order valence-electron chi connectivity index (χ0n) is 14.0. The topological polar surface area (TPSA) is 57.6 Å². The number of halogens is 1. The minimum absolute atomic E-state index is 0.0757. The zero-order valence-corrected chi connectivity index (χ0v) is 14.0. The molecule has 1 amide bonds. The van der Waals surface area contributed by atoms with E-state index in [0.29, 0.717) is 25.3 Å². The second-order valence-corrected chi connectivity index (χ2v) is 7.20. The summed E-state index contributed by atoms with van der Waals surface area (Å²) in [6.07, 6.45) is 4.21. The zero-order chi connectivity index (χ0) is 17.3. The molecule has 1 aliphatic carbocycles. The first-order valence-corrected chi connectivity index (χ1v) is 8.75. The molecule has 4 atom stereocenters. The molecule has 4 unspecified atom stereocenters. The lowest BCUT2D eigenvalue weighted by Gasteiger charge is -2.27. The highest BCUT2D eigenvalue weighted by atomic mass is 19.1. The van der Waals surface area contributed by atoms with Crippen molar-refractivity contribution in [1.29, 1.82) is 0 Å². The van der Waals surface area contributed by atoms with E-state index in [1.807, 2.05) is 13.0 Å². The number of carboxylic acids is 1. The van der Waals surface area contributed by atoms with Crippen molar-refractivity contribution in [3.8, 4) is 0 Å². The van der Waals surface area contributed by atoms with Crippen LogP contribution in [0.25, 0.3) is 0 Å². The standard InChI is InChI=1S/C19H24FNO3/c1-12(8-9-13-4-2-6-15(20)10-13)18(22)21-11-14-5-3-7-16(14)17(21)19(23)24/h2,4,6,10,12,14,16-17H,3,5,7-9,11H2,1H3,(H,23,24). The molecule has 2 aliphatic rings. The van der Waals surface area contributed by atoms with Gasteiger partial charge >= 0.3 is 5.97 Å². The molecule has 3 rings (SSSR count). The third kappa shape index (κ3) is 3.30. The fraction of sp³-hybridized carbons (Fsp3) is 0.579. The number of amides is 1. The Labute approximate surface area is 141 Å². The van der Waals surface area contributed by atoms with Crippen molar-refractivity contribution in [2.75, 3.05) is 6.54 Å². The molecule has 1 heterocycles. The molecule has 1 saturated heterocycles. The average Bonchev–Trinajstić information content (AvgIpc) is 3.12. The molecule has 4 nitrogen and oxygen atoms in total. The van der Waals surface area contributed by atoms with Crippen LogP contribution in [0.1, 0.15) is 38.2 Å². The van der Waals surface area contributed by atoms with Crippen molar-refractivity contribution in [2.24, 2.45) is 17.8 Å². The molecule has 5 heteroatoms. The number of hydrogen-bond donors (Lipinski definition) is 1. The van der Waals surface area contributed by atoms with Crippen LogP contribution in [0.5, 0.6) is 0 Å². The van der Waals surface area contributed by atoms with Gasteiger partial charge in [-0.2, -0.15) is 0 Å². The van der Waals surface area contributed by atoms with Gasteiger partial charge in [-0.05, 0) is 55.2 Å². The number of aliphatic carboxylic acids is 1. The summed E-state index contributed by atoms with van der Waals surface area (Å²) in [5.41, 5.74) is 0.864. The summed E-state index contributed by atoms with van der Waals surface area (Å²) in [6, 6.07) is 5.73. The molecule has 1 aromatic rings. The highest BCUT2D eigenvalue weighted by Crippen LogP contribution is 2.42. The molecule has 0 aromatic heterocycles. The van der Waals surface area contributed by atoms with Gasteiger partial charge in [0.25, 0.3) is 0 Å². The third-order valence-corrected chi connectivity index (χ3v) is 5.60. The van der Waals surface area contributed by atoms with Gasteiger partial charge in [0.1, 0.15) is 11.9 Å². The second kappa shape index (κ2) is 6.91. The van der Waals surface area contributed by atoms with Crippen LogP contribution in [0.3, 0.4) is 0 Å². The first kappa shape index (κ1) is 16.9. The average molecular weight is 333 g/mol. The quantitative estimate of drug-likeness (QED) is 0.901. The Hall–Kier alpha value is -1.91. The molecule has 2 fully saturated rings. The number of aryl methyl sites for hydroxylation is 1. The highest BCUT2D eigenvalue weighted by molar-refractivity contribution is 5.86. The van der Waals surface area contributed by atoms with E-state index in [9.17, 15) is 19.1 Å². The van der Waals surface area contributed by atoms with E-state index in [4.69, 9.17) is 0 Å². The molecule has 24 heavy (non-hydrogen) atoms. The monoisotopic (exact) mass is 333 g/mol. The van der Waals surface area contributed by atoms with Crippen LogP contribution < -0.4 is 0 Å². The molecule has 1 N–H and O–H groups in total. The Morgan fingerprint density at radius 3 is 2.88 bits per heavy atom. The van der Waals surface area contributed by atoms with Crippen molar-refractivity contribution < 1.29 is 19.1 Å². The van der Waals surface area contributed by atoms with Crippen LogP contribution in [-0.2, 0) is 16.0 Å². The van der Waals surface area contributed by atoms with Crippen LogP contribution in [0.4, 0.5) is 4.39 Å². The number of carboxylic acid groups (broad SMARTS) is 1. The summed E-state index contributed by atoms with van der Waals surface area (Å²) in [7, 11) is 0. The molecule has 1 saturated carbocycles. The van der Waals surface area contributed by atoms with Gasteiger partial charge in [0.2, 0.25) is 5.91 Å². The minimum Gasteiger partial charge on any atom is -0.480 e. The highest BCUT2D eigenvalue weighted by Gasteiger charge is 2.49. The lowest BCUT2D eigenvalue weighted by atomic mass is 9.94. The van der Waals surface area contributed by atoms with Crippen molar-refractivity contribution in [3.05, 3.63) is 35.6 Å². The number of carbonyl (C=O) groups is 2. The van der Waals surface area contributed by atoms with E-state index >= 15 is 0 Å². The lowest BCUT2D eigenvalue weighted by molar-refractivity contribution is -0.151. The maximum atomic E-state index is 13.2. The Morgan fingerprint density at radius 1 is 1.38 bits per heavy atom. The predicted molar refractivity (Wildman–Crippen MR) is 87.9 cm³/mol. The maximum absolute atomic E-state index is 13.2. The van der Waals surface area contributed by atoms with Gasteiger partial charge in [-0.25, -0.2) is 9.18 Å². The number of carbonyl (C=O) groups excluding carboxylic acids is 1. The third-order valence-electron chi connectivity index (χ3n) is 5.60. The minimum atomic E-state index is -0.880. The van der Waals surface area contributed by atoms with Gasteiger partial charge in [-0.15, -0.1) is 0 Å². The van der Waals surface area contributed by atoms with Crippen LogP contribution in [-0.4, -0.2) is 34.5 Å². The van der Waals surface area contributed by atoms with Crippen LogP contribution >= 0.6 is 0 Å². The van der Waals surface area contributed by atoms with Gasteiger partial charge in [0.05, 0.1) is 0 Å². The van der Waals surface area contributed by atoms with Crippen molar-refractivity contribution >= 4 is 11.9 Å². The molecule has 0 bridgehead atoms. The number of fused-ring (bicyclic) bond motifs is 1. The number of likely N-dealkylation sites (tertiary alicyclic amines) is 1.